The van der Waals surface area contributed by atoms with E-state index in [1.54, 1.807) is 0 Å². The Balaban J connectivity index is 2.07. The minimum atomic E-state index is -4.34. The van der Waals surface area contributed by atoms with Crippen LogP contribution in [0.1, 0.15) is 37.3 Å². The van der Waals surface area contributed by atoms with E-state index in [0.717, 1.165) is 25.7 Å². The number of carboxylic acid groups (broad SMARTS) is 1. The van der Waals surface area contributed by atoms with Gasteiger partial charge in [-0.25, -0.2) is 0 Å². The summed E-state index contributed by atoms with van der Waals surface area (Å²) in [6.07, 6.45) is 4.02. The zero-order valence-corrected chi connectivity index (χ0v) is 12.0. The summed E-state index contributed by atoms with van der Waals surface area (Å²) in [5, 5.41) is 12.4. The van der Waals surface area contributed by atoms with E-state index in [9.17, 15) is 23.1 Å². The van der Waals surface area contributed by atoms with E-state index in [2.05, 4.69) is 5.32 Å². The molecule has 0 aromatic heterocycles. The molecule has 1 fully saturated rings. The largest absolute Gasteiger partial charge is 0.480 e. The van der Waals surface area contributed by atoms with Crippen LogP contribution in [-0.2, 0) is 4.79 Å². The van der Waals surface area contributed by atoms with Crippen molar-refractivity contribution in [2.45, 2.75) is 48.2 Å². The summed E-state index contributed by atoms with van der Waals surface area (Å²) in [5.41, 5.74) is -3.86. The minimum Gasteiger partial charge on any atom is -0.480 e. The maximum atomic E-state index is 12.3. The van der Waals surface area contributed by atoms with Crippen LogP contribution in [0.4, 0.5) is 13.2 Å². The number of hydrogen-bond donors (Lipinski definition) is 2. The fourth-order valence-corrected chi connectivity index (χ4v) is 3.04. The SMILES string of the molecule is O=C(O)C(NC1CCCC1)c1ccc(SC(F)(F)F)cc1. The first kappa shape index (κ1) is 16.2. The van der Waals surface area contributed by atoms with Crippen molar-refractivity contribution in [2.24, 2.45) is 0 Å². The Bertz CT molecular complexity index is 484. The van der Waals surface area contributed by atoms with Gasteiger partial charge in [-0.05, 0) is 42.3 Å². The topological polar surface area (TPSA) is 49.3 Å². The van der Waals surface area contributed by atoms with Gasteiger partial charge in [0, 0.05) is 10.9 Å². The average molecular weight is 319 g/mol. The molecule has 1 aliphatic rings. The number of alkyl halides is 3. The Labute approximate surface area is 124 Å². The van der Waals surface area contributed by atoms with Crippen LogP contribution in [0.5, 0.6) is 0 Å². The van der Waals surface area contributed by atoms with Gasteiger partial charge in [-0.1, -0.05) is 25.0 Å². The first-order valence-corrected chi connectivity index (χ1v) is 7.51. The van der Waals surface area contributed by atoms with Gasteiger partial charge in [0.05, 0.1) is 0 Å². The van der Waals surface area contributed by atoms with E-state index in [4.69, 9.17) is 0 Å². The molecule has 1 unspecified atom stereocenters. The molecule has 1 saturated carbocycles. The summed E-state index contributed by atoms with van der Waals surface area (Å²) >= 11 is -0.205. The van der Waals surface area contributed by atoms with E-state index in [1.807, 2.05) is 0 Å². The number of halogens is 3. The molecule has 0 heterocycles. The number of thioether (sulfide) groups is 1. The molecule has 2 rings (SSSR count). The van der Waals surface area contributed by atoms with Gasteiger partial charge in [-0.3, -0.25) is 10.1 Å². The number of nitrogens with one attached hydrogen (secondary N) is 1. The van der Waals surface area contributed by atoms with Crippen molar-refractivity contribution in [1.29, 1.82) is 0 Å². The monoisotopic (exact) mass is 319 g/mol. The highest BCUT2D eigenvalue weighted by Crippen LogP contribution is 2.37. The van der Waals surface area contributed by atoms with Crippen molar-refractivity contribution < 1.29 is 23.1 Å². The van der Waals surface area contributed by atoms with Gasteiger partial charge in [0.1, 0.15) is 6.04 Å². The summed E-state index contributed by atoms with van der Waals surface area (Å²) in [7, 11) is 0. The van der Waals surface area contributed by atoms with Crippen LogP contribution in [0.3, 0.4) is 0 Å². The first-order valence-electron chi connectivity index (χ1n) is 6.70. The number of carboxylic acids is 1. The van der Waals surface area contributed by atoms with Gasteiger partial charge in [0.15, 0.2) is 0 Å². The predicted octanol–water partition coefficient (Wildman–Crippen LogP) is 3.96. The lowest BCUT2D eigenvalue weighted by molar-refractivity contribution is -0.139. The van der Waals surface area contributed by atoms with Gasteiger partial charge in [-0.2, -0.15) is 13.2 Å². The lowest BCUT2D eigenvalue weighted by Crippen LogP contribution is -2.35. The normalized spacial score (nSPS) is 17.9. The molecule has 7 heteroatoms. The maximum absolute atomic E-state index is 12.3. The molecular formula is C14H16F3NO2S. The van der Waals surface area contributed by atoms with E-state index in [-0.39, 0.29) is 22.7 Å². The van der Waals surface area contributed by atoms with Crippen molar-refractivity contribution in [1.82, 2.24) is 5.32 Å². The molecule has 21 heavy (non-hydrogen) atoms. The number of aliphatic carboxylic acids is 1. The average Bonchev–Trinajstić information content (AvgIpc) is 2.88. The quantitative estimate of drug-likeness (QED) is 0.807. The van der Waals surface area contributed by atoms with E-state index < -0.39 is 17.5 Å². The highest BCUT2D eigenvalue weighted by Gasteiger charge is 2.30. The smallest absolute Gasteiger partial charge is 0.446 e. The Hall–Kier alpha value is -1.21. The second kappa shape index (κ2) is 6.70. The van der Waals surface area contributed by atoms with Crippen molar-refractivity contribution in [2.75, 3.05) is 0 Å². The molecule has 1 aliphatic carbocycles. The summed E-state index contributed by atoms with van der Waals surface area (Å²) < 4.78 is 36.8. The number of carbonyl (C=O) groups is 1. The second-order valence-electron chi connectivity index (χ2n) is 5.04. The third-order valence-corrected chi connectivity index (χ3v) is 4.19. The molecule has 1 aromatic rings. The molecule has 3 nitrogen and oxygen atoms in total. The molecule has 0 bridgehead atoms. The summed E-state index contributed by atoms with van der Waals surface area (Å²) in [4.78, 5) is 11.4. The highest BCUT2D eigenvalue weighted by atomic mass is 32.2. The molecule has 0 amide bonds. The highest BCUT2D eigenvalue weighted by molar-refractivity contribution is 8.00. The van der Waals surface area contributed by atoms with Gasteiger partial charge >= 0.3 is 11.5 Å². The zero-order valence-electron chi connectivity index (χ0n) is 11.2. The second-order valence-corrected chi connectivity index (χ2v) is 6.17. The fraction of sp³-hybridized carbons (Fsp3) is 0.500. The van der Waals surface area contributed by atoms with Crippen LogP contribution in [0.25, 0.3) is 0 Å². The summed E-state index contributed by atoms with van der Waals surface area (Å²) in [5.74, 6) is -1.02. The lowest BCUT2D eigenvalue weighted by atomic mass is 10.1. The van der Waals surface area contributed by atoms with Crippen molar-refractivity contribution in [3.05, 3.63) is 29.8 Å². The molecule has 0 spiro atoms. The van der Waals surface area contributed by atoms with Gasteiger partial charge in [-0.15, -0.1) is 0 Å². The molecular weight excluding hydrogens is 303 g/mol. The van der Waals surface area contributed by atoms with E-state index in [0.29, 0.717) is 5.56 Å². The van der Waals surface area contributed by atoms with Crippen LogP contribution in [0, 0.1) is 0 Å². The summed E-state index contributed by atoms with van der Waals surface area (Å²) in [6, 6.07) is 4.77. The van der Waals surface area contributed by atoms with Crippen LogP contribution < -0.4 is 5.32 Å². The standard InChI is InChI=1S/C14H16F3NO2S/c15-14(16,17)21-11-7-5-9(6-8-11)12(13(19)20)18-10-3-1-2-4-10/h5-8,10,12,18H,1-4H2,(H,19,20). The number of rotatable bonds is 5. The van der Waals surface area contributed by atoms with Crippen molar-refractivity contribution in [3.63, 3.8) is 0 Å². The molecule has 1 aromatic carbocycles. The van der Waals surface area contributed by atoms with Gasteiger partial charge in [0.2, 0.25) is 0 Å². The van der Waals surface area contributed by atoms with Crippen molar-refractivity contribution in [3.8, 4) is 0 Å². The van der Waals surface area contributed by atoms with Gasteiger partial charge in [0.25, 0.3) is 0 Å². The Morgan fingerprint density at radius 3 is 2.29 bits per heavy atom. The van der Waals surface area contributed by atoms with Crippen LogP contribution in [0.2, 0.25) is 0 Å². The molecule has 1 atom stereocenters. The summed E-state index contributed by atoms with van der Waals surface area (Å²) in [6.45, 7) is 0. The number of hydrogen-bond acceptors (Lipinski definition) is 3. The molecule has 116 valence electrons. The lowest BCUT2D eigenvalue weighted by Gasteiger charge is -2.20. The molecule has 0 saturated heterocycles. The number of benzene rings is 1. The molecule has 0 aliphatic heterocycles. The van der Waals surface area contributed by atoms with Crippen LogP contribution in [-0.4, -0.2) is 22.6 Å². The minimum absolute atomic E-state index is 0.0521. The first-order chi connectivity index (χ1) is 9.85. The molecule has 0 radical (unpaired) electrons. The van der Waals surface area contributed by atoms with E-state index in [1.165, 1.54) is 24.3 Å². The zero-order chi connectivity index (χ0) is 15.5. The predicted molar refractivity (Wildman–Crippen MR) is 74.1 cm³/mol. The van der Waals surface area contributed by atoms with Crippen LogP contribution in [0.15, 0.2) is 29.2 Å². The van der Waals surface area contributed by atoms with Crippen LogP contribution >= 0.6 is 11.8 Å². The maximum Gasteiger partial charge on any atom is 0.446 e. The Morgan fingerprint density at radius 1 is 1.24 bits per heavy atom. The molecule has 2 N–H and O–H groups in total. The van der Waals surface area contributed by atoms with Crippen molar-refractivity contribution >= 4 is 17.7 Å². The Morgan fingerprint density at radius 2 is 1.81 bits per heavy atom. The third kappa shape index (κ3) is 4.93. The van der Waals surface area contributed by atoms with Gasteiger partial charge < -0.3 is 5.11 Å². The Kier molecular flexibility index (Phi) is 5.16. The third-order valence-electron chi connectivity index (χ3n) is 3.45. The fourth-order valence-electron chi connectivity index (χ4n) is 2.50. The van der Waals surface area contributed by atoms with E-state index >= 15 is 0 Å².